The lowest BCUT2D eigenvalue weighted by Crippen LogP contribution is -2.45. The van der Waals surface area contributed by atoms with E-state index in [1.54, 1.807) is 25.6 Å². The summed E-state index contributed by atoms with van der Waals surface area (Å²) in [6.07, 6.45) is 8.30. The SMILES string of the molecule is CCCCN(CCCCN(C)C)C(=O)CN1C[C@H](c2cc(OC)c3c(c2)OCO3)C(C(=O)O)[C@@H]1CCc1ncccn1. The van der Waals surface area contributed by atoms with Crippen LogP contribution >= 0.6 is 0 Å². The number of amides is 1. The van der Waals surface area contributed by atoms with Crippen molar-refractivity contribution in [1.82, 2.24) is 24.7 Å². The number of aliphatic carboxylic acids is 1. The molecule has 2 aromatic rings. The van der Waals surface area contributed by atoms with Crippen molar-refractivity contribution in [2.75, 3.05) is 60.7 Å². The number of carboxylic acids is 1. The molecular weight excluding hydrogens is 538 g/mol. The average Bonchev–Trinajstić information content (AvgIpc) is 3.60. The molecule has 1 N–H and O–H groups in total. The van der Waals surface area contributed by atoms with Crippen LogP contribution in [0.5, 0.6) is 17.2 Å². The number of aromatic nitrogens is 2. The predicted molar refractivity (Wildman–Crippen MR) is 158 cm³/mol. The van der Waals surface area contributed by atoms with E-state index in [2.05, 4.69) is 40.8 Å². The van der Waals surface area contributed by atoms with Crippen LogP contribution in [0.15, 0.2) is 30.6 Å². The molecule has 2 aliphatic heterocycles. The van der Waals surface area contributed by atoms with E-state index in [-0.39, 0.29) is 31.2 Å². The maximum Gasteiger partial charge on any atom is 0.308 e. The summed E-state index contributed by atoms with van der Waals surface area (Å²) >= 11 is 0. The summed E-state index contributed by atoms with van der Waals surface area (Å²) in [4.78, 5) is 41.5. The van der Waals surface area contributed by atoms with E-state index in [1.807, 2.05) is 17.0 Å². The third kappa shape index (κ3) is 7.89. The zero-order valence-corrected chi connectivity index (χ0v) is 25.3. The Bertz CT molecular complexity index is 1180. The van der Waals surface area contributed by atoms with Gasteiger partial charge < -0.3 is 29.1 Å². The second-order valence-electron chi connectivity index (χ2n) is 11.4. The quantitative estimate of drug-likeness (QED) is 0.295. The molecule has 230 valence electrons. The second kappa shape index (κ2) is 15.2. The maximum absolute atomic E-state index is 13.8. The van der Waals surface area contributed by atoms with Crippen molar-refractivity contribution in [2.45, 2.75) is 57.4 Å². The first-order valence-electron chi connectivity index (χ1n) is 14.9. The monoisotopic (exact) mass is 583 g/mol. The number of methoxy groups -OCH3 is 1. The van der Waals surface area contributed by atoms with E-state index in [0.717, 1.165) is 37.8 Å². The van der Waals surface area contributed by atoms with E-state index < -0.39 is 11.9 Å². The largest absolute Gasteiger partial charge is 0.493 e. The van der Waals surface area contributed by atoms with Crippen molar-refractivity contribution in [1.29, 1.82) is 0 Å². The highest BCUT2D eigenvalue weighted by atomic mass is 16.7. The molecule has 1 aromatic heterocycles. The lowest BCUT2D eigenvalue weighted by Gasteiger charge is -2.30. The molecule has 3 atom stereocenters. The van der Waals surface area contributed by atoms with E-state index in [4.69, 9.17) is 14.2 Å². The molecule has 1 saturated heterocycles. The van der Waals surface area contributed by atoms with Crippen LogP contribution < -0.4 is 14.2 Å². The summed E-state index contributed by atoms with van der Waals surface area (Å²) in [7, 11) is 5.67. The summed E-state index contributed by atoms with van der Waals surface area (Å²) in [6.45, 7) is 5.19. The van der Waals surface area contributed by atoms with Crippen LogP contribution in [-0.4, -0.2) is 108 Å². The van der Waals surface area contributed by atoms with Crippen LogP contribution in [0, 0.1) is 5.92 Å². The smallest absolute Gasteiger partial charge is 0.308 e. The molecule has 11 heteroatoms. The Morgan fingerprint density at radius 1 is 1.10 bits per heavy atom. The van der Waals surface area contributed by atoms with Crippen LogP contribution in [0.1, 0.15) is 56.3 Å². The number of carboxylic acid groups (broad SMARTS) is 1. The molecule has 0 saturated carbocycles. The van der Waals surface area contributed by atoms with Gasteiger partial charge in [-0.05, 0) is 70.1 Å². The van der Waals surface area contributed by atoms with E-state index in [9.17, 15) is 14.7 Å². The zero-order valence-electron chi connectivity index (χ0n) is 25.3. The maximum atomic E-state index is 13.8. The number of benzene rings is 1. The molecule has 1 aromatic carbocycles. The molecular formula is C31H45N5O6. The van der Waals surface area contributed by atoms with Crippen molar-refractivity contribution in [3.05, 3.63) is 42.0 Å². The Balaban J connectivity index is 1.59. The number of aryl methyl sites for hydroxylation is 1. The summed E-state index contributed by atoms with van der Waals surface area (Å²) in [5.41, 5.74) is 0.797. The fraction of sp³-hybridized carbons (Fsp3) is 0.613. The molecule has 0 bridgehead atoms. The number of likely N-dealkylation sites (tertiary alicyclic amines) is 1. The first-order valence-corrected chi connectivity index (χ1v) is 14.9. The Labute approximate surface area is 248 Å². The third-order valence-corrected chi connectivity index (χ3v) is 8.18. The number of ether oxygens (including phenoxy) is 3. The van der Waals surface area contributed by atoms with Gasteiger partial charge in [0, 0.05) is 50.4 Å². The Morgan fingerprint density at radius 2 is 1.83 bits per heavy atom. The van der Waals surface area contributed by atoms with Crippen LogP contribution in [0.2, 0.25) is 0 Å². The molecule has 1 amide bonds. The van der Waals surface area contributed by atoms with Crippen LogP contribution in [0.25, 0.3) is 0 Å². The highest BCUT2D eigenvalue weighted by Gasteiger charge is 2.47. The molecule has 1 fully saturated rings. The Kier molecular flexibility index (Phi) is 11.4. The number of fused-ring (bicyclic) bond motifs is 1. The van der Waals surface area contributed by atoms with Gasteiger partial charge in [0.25, 0.3) is 0 Å². The van der Waals surface area contributed by atoms with Crippen LogP contribution in [-0.2, 0) is 16.0 Å². The predicted octanol–water partition coefficient (Wildman–Crippen LogP) is 3.29. The molecule has 11 nitrogen and oxygen atoms in total. The van der Waals surface area contributed by atoms with E-state index in [1.165, 1.54) is 0 Å². The van der Waals surface area contributed by atoms with Gasteiger partial charge in [0.2, 0.25) is 18.4 Å². The number of nitrogens with zero attached hydrogens (tertiary/aromatic N) is 5. The number of hydrogen-bond acceptors (Lipinski definition) is 9. The third-order valence-electron chi connectivity index (χ3n) is 8.18. The van der Waals surface area contributed by atoms with Gasteiger partial charge in [-0.1, -0.05) is 13.3 Å². The first-order chi connectivity index (χ1) is 20.3. The van der Waals surface area contributed by atoms with Gasteiger partial charge in [-0.3, -0.25) is 14.5 Å². The number of hydrogen-bond donors (Lipinski definition) is 1. The fourth-order valence-electron chi connectivity index (χ4n) is 6.00. The summed E-state index contributed by atoms with van der Waals surface area (Å²) in [5, 5.41) is 10.6. The van der Waals surface area contributed by atoms with Crippen molar-refractivity contribution in [2.24, 2.45) is 5.92 Å². The minimum atomic E-state index is -0.892. The molecule has 0 spiro atoms. The number of rotatable bonds is 16. The lowest BCUT2D eigenvalue weighted by molar-refractivity contribution is -0.143. The first kappa shape index (κ1) is 31.5. The molecule has 42 heavy (non-hydrogen) atoms. The molecule has 0 radical (unpaired) electrons. The minimum Gasteiger partial charge on any atom is -0.493 e. The highest BCUT2D eigenvalue weighted by Crippen LogP contribution is 2.47. The van der Waals surface area contributed by atoms with Gasteiger partial charge >= 0.3 is 5.97 Å². The van der Waals surface area contributed by atoms with Gasteiger partial charge in [0.05, 0.1) is 19.6 Å². The van der Waals surface area contributed by atoms with Crippen molar-refractivity contribution < 1.29 is 28.9 Å². The van der Waals surface area contributed by atoms with Crippen LogP contribution in [0.4, 0.5) is 0 Å². The fourth-order valence-corrected chi connectivity index (χ4v) is 6.00. The van der Waals surface area contributed by atoms with Gasteiger partial charge in [-0.2, -0.15) is 0 Å². The van der Waals surface area contributed by atoms with Gasteiger partial charge in [-0.15, -0.1) is 0 Å². The van der Waals surface area contributed by atoms with E-state index in [0.29, 0.717) is 55.5 Å². The normalized spacial score (nSPS) is 19.8. The van der Waals surface area contributed by atoms with Crippen LogP contribution in [0.3, 0.4) is 0 Å². The average molecular weight is 584 g/mol. The summed E-state index contributed by atoms with van der Waals surface area (Å²) in [5.74, 6) is 0.278. The topological polar surface area (TPSA) is 118 Å². The lowest BCUT2D eigenvalue weighted by atomic mass is 9.83. The van der Waals surface area contributed by atoms with E-state index >= 15 is 0 Å². The second-order valence-corrected chi connectivity index (χ2v) is 11.4. The van der Waals surface area contributed by atoms with Crippen molar-refractivity contribution in [3.63, 3.8) is 0 Å². The molecule has 2 aliphatic rings. The summed E-state index contributed by atoms with van der Waals surface area (Å²) < 4.78 is 16.8. The number of carbonyl (C=O) groups is 2. The Hall–Kier alpha value is -3.44. The summed E-state index contributed by atoms with van der Waals surface area (Å²) in [6, 6.07) is 5.08. The van der Waals surface area contributed by atoms with Gasteiger partial charge in [0.15, 0.2) is 11.5 Å². The zero-order chi connectivity index (χ0) is 30.1. The molecule has 3 heterocycles. The Morgan fingerprint density at radius 3 is 2.52 bits per heavy atom. The van der Waals surface area contributed by atoms with Crippen molar-refractivity contribution >= 4 is 11.9 Å². The number of unbranched alkanes of at least 4 members (excludes halogenated alkanes) is 2. The molecule has 0 aliphatic carbocycles. The van der Waals surface area contributed by atoms with Gasteiger partial charge in [0.1, 0.15) is 5.82 Å². The molecule has 4 rings (SSSR count). The molecule has 1 unspecified atom stereocenters. The standard InChI is InChI=1S/C31H45N5O6/c1-5-6-15-35(16-8-7-14-34(2)3)28(37)20-36-19-23(22-17-25(40-4)30-26(18-22)41-21-42-30)29(31(38)39)24(36)10-11-27-32-12-9-13-33-27/h9,12-13,17-18,23-24,29H,5-8,10-11,14-16,19-21H2,1-4H3,(H,38,39)/t23-,24+,29?/m1/s1. The highest BCUT2D eigenvalue weighted by molar-refractivity contribution is 5.79. The number of carbonyl (C=O) groups excluding carboxylic acids is 1. The van der Waals surface area contributed by atoms with Gasteiger partial charge in [-0.25, -0.2) is 9.97 Å². The van der Waals surface area contributed by atoms with Crippen molar-refractivity contribution in [3.8, 4) is 17.2 Å². The minimum absolute atomic E-state index is 0.0438.